The number of hydrogen-bond acceptors (Lipinski definition) is 3. The fraction of sp³-hybridized carbons (Fsp3) is 0.533. The van der Waals surface area contributed by atoms with Crippen molar-refractivity contribution in [1.82, 2.24) is 9.55 Å². The van der Waals surface area contributed by atoms with Crippen molar-refractivity contribution in [2.45, 2.75) is 32.9 Å². The number of aryl methyl sites for hydroxylation is 2. The Labute approximate surface area is 129 Å². The number of para-hydroxylation sites is 1. The number of benzene rings is 1. The predicted molar refractivity (Wildman–Crippen MR) is 88.3 cm³/mol. The molecule has 0 N–H and O–H groups in total. The standard InChI is InChI=1S/C15H21ClN2OS/c1-11(2)19-13-6-4-5-12-15(13)17-14(7-8-16)18(12)9-10-20-3/h4-6,11H,7-10H2,1-3H3. The van der Waals surface area contributed by atoms with Gasteiger partial charge >= 0.3 is 0 Å². The first kappa shape index (κ1) is 15.5. The Morgan fingerprint density at radius 2 is 2.20 bits per heavy atom. The van der Waals surface area contributed by atoms with E-state index in [9.17, 15) is 0 Å². The fourth-order valence-electron chi connectivity index (χ4n) is 2.23. The van der Waals surface area contributed by atoms with E-state index in [-0.39, 0.29) is 6.10 Å². The zero-order chi connectivity index (χ0) is 14.5. The lowest BCUT2D eigenvalue weighted by Gasteiger charge is -2.10. The van der Waals surface area contributed by atoms with Gasteiger partial charge in [0.2, 0.25) is 0 Å². The lowest BCUT2D eigenvalue weighted by molar-refractivity contribution is 0.245. The maximum atomic E-state index is 5.90. The number of hydrogen-bond donors (Lipinski definition) is 0. The number of ether oxygens (including phenoxy) is 1. The Morgan fingerprint density at radius 1 is 1.40 bits per heavy atom. The van der Waals surface area contributed by atoms with Gasteiger partial charge in [0.05, 0.1) is 11.6 Å². The van der Waals surface area contributed by atoms with Crippen LogP contribution in [-0.4, -0.2) is 33.5 Å². The van der Waals surface area contributed by atoms with Crippen molar-refractivity contribution in [1.29, 1.82) is 0 Å². The topological polar surface area (TPSA) is 27.1 Å². The normalized spacial score (nSPS) is 11.4. The predicted octanol–water partition coefficient (Wildman–Crippen LogP) is 3.97. The molecule has 0 aliphatic rings. The lowest BCUT2D eigenvalue weighted by atomic mass is 10.3. The Kier molecular flexibility index (Phi) is 5.61. The third kappa shape index (κ3) is 3.41. The summed E-state index contributed by atoms with van der Waals surface area (Å²) in [5.41, 5.74) is 2.08. The van der Waals surface area contributed by atoms with Gasteiger partial charge in [-0.25, -0.2) is 4.98 Å². The number of nitrogens with zero attached hydrogens (tertiary/aromatic N) is 2. The zero-order valence-corrected chi connectivity index (χ0v) is 13.8. The second-order valence-electron chi connectivity index (χ2n) is 4.90. The van der Waals surface area contributed by atoms with Gasteiger partial charge in [0.15, 0.2) is 0 Å². The van der Waals surface area contributed by atoms with Gasteiger partial charge in [-0.3, -0.25) is 0 Å². The summed E-state index contributed by atoms with van der Waals surface area (Å²) in [6.07, 6.45) is 3.05. The van der Waals surface area contributed by atoms with Gasteiger partial charge in [-0.1, -0.05) is 6.07 Å². The van der Waals surface area contributed by atoms with E-state index in [2.05, 4.69) is 16.9 Å². The molecule has 0 amide bonds. The highest BCUT2D eigenvalue weighted by Gasteiger charge is 2.14. The molecule has 2 aromatic rings. The van der Waals surface area contributed by atoms with Gasteiger partial charge in [-0.05, 0) is 32.2 Å². The Balaban J connectivity index is 2.48. The quantitative estimate of drug-likeness (QED) is 0.724. The first-order chi connectivity index (χ1) is 9.67. The highest BCUT2D eigenvalue weighted by atomic mass is 35.5. The SMILES string of the molecule is CSCCn1c(CCCl)nc2c(OC(C)C)cccc21. The van der Waals surface area contributed by atoms with E-state index >= 15 is 0 Å². The molecular formula is C15H21ClN2OS. The maximum Gasteiger partial charge on any atom is 0.147 e. The van der Waals surface area contributed by atoms with Crippen LogP contribution in [0.5, 0.6) is 5.75 Å². The van der Waals surface area contributed by atoms with Crippen LogP contribution in [0.3, 0.4) is 0 Å². The van der Waals surface area contributed by atoms with Crippen LogP contribution in [0.2, 0.25) is 0 Å². The average Bonchev–Trinajstić information content (AvgIpc) is 2.75. The summed E-state index contributed by atoms with van der Waals surface area (Å²) in [5, 5.41) is 0. The maximum absolute atomic E-state index is 5.90. The molecule has 0 unspecified atom stereocenters. The zero-order valence-electron chi connectivity index (χ0n) is 12.2. The van der Waals surface area contributed by atoms with Crippen molar-refractivity contribution >= 4 is 34.4 Å². The van der Waals surface area contributed by atoms with Gasteiger partial charge in [-0.15, -0.1) is 11.6 Å². The van der Waals surface area contributed by atoms with Crippen LogP contribution in [0.1, 0.15) is 19.7 Å². The number of aromatic nitrogens is 2. The summed E-state index contributed by atoms with van der Waals surface area (Å²) in [7, 11) is 0. The highest BCUT2D eigenvalue weighted by Crippen LogP contribution is 2.27. The smallest absolute Gasteiger partial charge is 0.147 e. The Bertz CT molecular complexity index is 568. The molecule has 1 heterocycles. The minimum atomic E-state index is 0.147. The van der Waals surface area contributed by atoms with Crippen LogP contribution in [0.25, 0.3) is 11.0 Å². The number of alkyl halides is 1. The van der Waals surface area contributed by atoms with Crippen LogP contribution < -0.4 is 4.74 Å². The molecule has 2 rings (SSSR count). The molecule has 0 fully saturated rings. The minimum Gasteiger partial charge on any atom is -0.489 e. The molecule has 0 aliphatic heterocycles. The molecule has 0 aliphatic carbocycles. The molecule has 110 valence electrons. The lowest BCUT2D eigenvalue weighted by Crippen LogP contribution is -2.06. The first-order valence-corrected chi connectivity index (χ1v) is 8.80. The third-order valence-electron chi connectivity index (χ3n) is 3.02. The molecule has 5 heteroatoms. The van der Waals surface area contributed by atoms with E-state index in [4.69, 9.17) is 21.3 Å². The average molecular weight is 313 g/mol. The van der Waals surface area contributed by atoms with Gasteiger partial charge in [0, 0.05) is 24.6 Å². The largest absolute Gasteiger partial charge is 0.489 e. The Morgan fingerprint density at radius 3 is 2.85 bits per heavy atom. The molecule has 1 aromatic carbocycles. The summed E-state index contributed by atoms with van der Waals surface area (Å²) in [5.74, 6) is 3.55. The monoisotopic (exact) mass is 312 g/mol. The molecular weight excluding hydrogens is 292 g/mol. The first-order valence-electron chi connectivity index (χ1n) is 6.87. The van der Waals surface area contributed by atoms with Gasteiger partial charge in [0.25, 0.3) is 0 Å². The molecule has 20 heavy (non-hydrogen) atoms. The molecule has 0 atom stereocenters. The van der Waals surface area contributed by atoms with E-state index in [0.717, 1.165) is 41.3 Å². The summed E-state index contributed by atoms with van der Waals surface area (Å²) in [6, 6.07) is 6.12. The summed E-state index contributed by atoms with van der Waals surface area (Å²) in [6.45, 7) is 5.02. The van der Waals surface area contributed by atoms with E-state index in [0.29, 0.717) is 5.88 Å². The molecule has 1 aromatic heterocycles. The van der Waals surface area contributed by atoms with E-state index in [1.54, 1.807) is 0 Å². The van der Waals surface area contributed by atoms with Crippen LogP contribution in [0.15, 0.2) is 18.2 Å². The van der Waals surface area contributed by atoms with E-state index in [1.807, 2.05) is 37.7 Å². The van der Waals surface area contributed by atoms with Crippen molar-refractivity contribution in [3.8, 4) is 5.75 Å². The molecule has 0 radical (unpaired) electrons. The van der Waals surface area contributed by atoms with Crippen LogP contribution in [0, 0.1) is 0 Å². The van der Waals surface area contributed by atoms with Crippen molar-refractivity contribution in [2.24, 2.45) is 0 Å². The van der Waals surface area contributed by atoms with Crippen molar-refractivity contribution < 1.29 is 4.74 Å². The van der Waals surface area contributed by atoms with Crippen molar-refractivity contribution in [2.75, 3.05) is 17.9 Å². The molecule has 0 bridgehead atoms. The number of rotatable bonds is 7. The second kappa shape index (κ2) is 7.23. The van der Waals surface area contributed by atoms with Crippen LogP contribution >= 0.6 is 23.4 Å². The van der Waals surface area contributed by atoms with Crippen LogP contribution in [0.4, 0.5) is 0 Å². The van der Waals surface area contributed by atoms with E-state index in [1.165, 1.54) is 0 Å². The molecule has 0 saturated heterocycles. The number of thioether (sulfide) groups is 1. The number of halogens is 1. The third-order valence-corrected chi connectivity index (χ3v) is 3.80. The molecule has 0 spiro atoms. The van der Waals surface area contributed by atoms with Crippen molar-refractivity contribution in [3.63, 3.8) is 0 Å². The van der Waals surface area contributed by atoms with Crippen molar-refractivity contribution in [3.05, 3.63) is 24.0 Å². The van der Waals surface area contributed by atoms with Gasteiger partial charge in [-0.2, -0.15) is 11.8 Å². The number of imidazole rings is 1. The highest BCUT2D eigenvalue weighted by molar-refractivity contribution is 7.98. The van der Waals surface area contributed by atoms with Gasteiger partial charge < -0.3 is 9.30 Å². The van der Waals surface area contributed by atoms with Crippen LogP contribution in [-0.2, 0) is 13.0 Å². The summed E-state index contributed by atoms with van der Waals surface area (Å²) in [4.78, 5) is 4.75. The minimum absolute atomic E-state index is 0.147. The molecule has 3 nitrogen and oxygen atoms in total. The Hall–Kier alpha value is -0.870. The fourth-order valence-corrected chi connectivity index (χ4v) is 2.76. The van der Waals surface area contributed by atoms with Gasteiger partial charge in [0.1, 0.15) is 17.1 Å². The summed E-state index contributed by atoms with van der Waals surface area (Å²) < 4.78 is 8.13. The van der Waals surface area contributed by atoms with E-state index < -0.39 is 0 Å². The second-order valence-corrected chi connectivity index (χ2v) is 6.27. The number of fused-ring (bicyclic) bond motifs is 1. The summed E-state index contributed by atoms with van der Waals surface area (Å²) >= 11 is 7.74. The molecule has 0 saturated carbocycles.